The molecule has 0 aliphatic carbocycles. The second kappa shape index (κ2) is 3.74. The number of para-hydroxylation sites is 2. The molecule has 3 nitrogen and oxygen atoms in total. The Morgan fingerprint density at radius 1 is 1.40 bits per heavy atom. The highest BCUT2D eigenvalue weighted by Crippen LogP contribution is 2.28. The molecule has 15 heavy (non-hydrogen) atoms. The summed E-state index contributed by atoms with van der Waals surface area (Å²) in [5.41, 5.74) is 8.39. The molecule has 1 aromatic carbocycles. The molecule has 1 aliphatic rings. The molecule has 2 rings (SSSR count). The maximum absolute atomic E-state index is 6.06. The second-order valence-electron chi connectivity index (χ2n) is 4.85. The molecule has 3 heteroatoms. The molecule has 1 aromatic rings. The summed E-state index contributed by atoms with van der Waals surface area (Å²) in [5, 5.41) is 3.40. The summed E-state index contributed by atoms with van der Waals surface area (Å²) < 4.78 is 0. The van der Waals surface area contributed by atoms with Crippen LogP contribution in [0, 0.1) is 0 Å². The quantitative estimate of drug-likeness (QED) is 0.771. The number of rotatable bonds is 2. The Kier molecular flexibility index (Phi) is 2.57. The van der Waals surface area contributed by atoms with Gasteiger partial charge in [0, 0.05) is 25.2 Å². The summed E-state index contributed by atoms with van der Waals surface area (Å²) in [7, 11) is 0. The van der Waals surface area contributed by atoms with E-state index in [-0.39, 0.29) is 5.54 Å². The van der Waals surface area contributed by atoms with Crippen molar-refractivity contribution in [3.8, 4) is 0 Å². The second-order valence-corrected chi connectivity index (χ2v) is 4.85. The third-order valence-electron chi connectivity index (χ3n) is 2.54. The molecule has 0 aromatic heterocycles. The number of hydrogen-bond donors (Lipinski definition) is 2. The van der Waals surface area contributed by atoms with Crippen molar-refractivity contribution in [3.05, 3.63) is 24.3 Å². The maximum atomic E-state index is 6.06. The lowest BCUT2D eigenvalue weighted by molar-refractivity contribution is 0.506. The van der Waals surface area contributed by atoms with E-state index in [1.165, 1.54) is 11.4 Å². The van der Waals surface area contributed by atoms with E-state index in [9.17, 15) is 0 Å². The molecule has 1 heterocycles. The van der Waals surface area contributed by atoms with Gasteiger partial charge >= 0.3 is 0 Å². The molecule has 0 atom stereocenters. The van der Waals surface area contributed by atoms with E-state index in [1.807, 2.05) is 0 Å². The highest BCUT2D eigenvalue weighted by molar-refractivity contribution is 5.72. The smallest absolute Gasteiger partial charge is 0.0603 e. The Balaban J connectivity index is 2.22. The van der Waals surface area contributed by atoms with Gasteiger partial charge in [-0.25, -0.2) is 0 Å². The normalized spacial score (nSPS) is 15.8. The summed E-state index contributed by atoms with van der Waals surface area (Å²) in [6, 6.07) is 8.39. The molecule has 0 radical (unpaired) electrons. The van der Waals surface area contributed by atoms with Crippen LogP contribution in [0.2, 0.25) is 0 Å². The van der Waals surface area contributed by atoms with Crippen LogP contribution < -0.4 is 16.0 Å². The number of benzene rings is 1. The van der Waals surface area contributed by atoms with E-state index in [2.05, 4.69) is 48.3 Å². The average molecular weight is 205 g/mol. The summed E-state index contributed by atoms with van der Waals surface area (Å²) in [6.07, 6.45) is 0. The van der Waals surface area contributed by atoms with E-state index in [0.29, 0.717) is 0 Å². The molecule has 1 aliphatic heterocycles. The van der Waals surface area contributed by atoms with E-state index >= 15 is 0 Å². The fourth-order valence-electron chi connectivity index (χ4n) is 2.00. The van der Waals surface area contributed by atoms with Gasteiger partial charge in [0.25, 0.3) is 0 Å². The Hall–Kier alpha value is -1.22. The minimum atomic E-state index is -0.148. The van der Waals surface area contributed by atoms with Crippen molar-refractivity contribution in [3.63, 3.8) is 0 Å². The molecule has 0 amide bonds. The van der Waals surface area contributed by atoms with E-state index in [4.69, 9.17) is 5.73 Å². The van der Waals surface area contributed by atoms with Gasteiger partial charge in [0.2, 0.25) is 0 Å². The van der Waals surface area contributed by atoms with Gasteiger partial charge in [-0.05, 0) is 26.0 Å². The van der Waals surface area contributed by atoms with Crippen LogP contribution in [0.5, 0.6) is 0 Å². The first-order valence-corrected chi connectivity index (χ1v) is 5.43. The summed E-state index contributed by atoms with van der Waals surface area (Å²) in [5.74, 6) is 0. The van der Waals surface area contributed by atoms with Crippen molar-refractivity contribution in [2.24, 2.45) is 5.73 Å². The lowest BCUT2D eigenvalue weighted by Crippen LogP contribution is -2.48. The van der Waals surface area contributed by atoms with Crippen LogP contribution in [0.4, 0.5) is 11.4 Å². The highest BCUT2D eigenvalue weighted by atomic mass is 15.2. The highest BCUT2D eigenvalue weighted by Gasteiger charge is 2.21. The van der Waals surface area contributed by atoms with Gasteiger partial charge in [0.15, 0.2) is 0 Å². The zero-order valence-electron chi connectivity index (χ0n) is 9.46. The summed E-state index contributed by atoms with van der Waals surface area (Å²) in [4.78, 5) is 2.35. The van der Waals surface area contributed by atoms with Gasteiger partial charge in [-0.3, -0.25) is 0 Å². The molecular formula is C12H19N3. The molecule has 0 bridgehead atoms. The van der Waals surface area contributed by atoms with Gasteiger partial charge in [-0.15, -0.1) is 0 Å². The molecule has 3 N–H and O–H groups in total. The van der Waals surface area contributed by atoms with Gasteiger partial charge in [0.05, 0.1) is 11.4 Å². The predicted octanol–water partition coefficient (Wildman–Crippen LogP) is 1.66. The monoisotopic (exact) mass is 205 g/mol. The molecule has 0 unspecified atom stereocenters. The summed E-state index contributed by atoms with van der Waals surface area (Å²) in [6.45, 7) is 7.05. The number of hydrogen-bond acceptors (Lipinski definition) is 3. The van der Waals surface area contributed by atoms with Crippen molar-refractivity contribution in [1.29, 1.82) is 0 Å². The first-order valence-electron chi connectivity index (χ1n) is 5.43. The average Bonchev–Trinajstić information content (AvgIpc) is 2.16. The maximum Gasteiger partial charge on any atom is 0.0603 e. The van der Waals surface area contributed by atoms with Gasteiger partial charge in [0.1, 0.15) is 0 Å². The van der Waals surface area contributed by atoms with E-state index in [0.717, 1.165) is 19.6 Å². The van der Waals surface area contributed by atoms with E-state index in [1.54, 1.807) is 0 Å². The van der Waals surface area contributed by atoms with Crippen molar-refractivity contribution >= 4 is 11.4 Å². The van der Waals surface area contributed by atoms with Crippen LogP contribution in [0.1, 0.15) is 13.8 Å². The Morgan fingerprint density at radius 2 is 2.13 bits per heavy atom. The first kappa shape index (κ1) is 10.3. The van der Waals surface area contributed by atoms with Crippen molar-refractivity contribution in [2.75, 3.05) is 29.9 Å². The Morgan fingerprint density at radius 3 is 2.87 bits per heavy atom. The minimum Gasteiger partial charge on any atom is -0.382 e. The van der Waals surface area contributed by atoms with Crippen LogP contribution in [-0.2, 0) is 0 Å². The number of nitrogens with one attached hydrogen (secondary N) is 1. The lowest BCUT2D eigenvalue weighted by atomic mass is 10.1. The Labute approximate surface area is 91.3 Å². The largest absolute Gasteiger partial charge is 0.382 e. The van der Waals surface area contributed by atoms with Crippen LogP contribution in [0.25, 0.3) is 0 Å². The number of nitrogens with zero attached hydrogens (tertiary/aromatic N) is 1. The molecule has 0 saturated carbocycles. The van der Waals surface area contributed by atoms with E-state index < -0.39 is 0 Å². The summed E-state index contributed by atoms with van der Waals surface area (Å²) >= 11 is 0. The van der Waals surface area contributed by atoms with Crippen LogP contribution in [-0.4, -0.2) is 25.2 Å². The van der Waals surface area contributed by atoms with Gasteiger partial charge < -0.3 is 16.0 Å². The standard InChI is InChI=1S/C12H19N3/c1-12(2,13)9-15-8-7-14-10-5-3-4-6-11(10)15/h3-6,14H,7-9,13H2,1-2H3. The van der Waals surface area contributed by atoms with Crippen LogP contribution >= 0.6 is 0 Å². The fourth-order valence-corrected chi connectivity index (χ4v) is 2.00. The topological polar surface area (TPSA) is 41.3 Å². The molecule has 82 valence electrons. The van der Waals surface area contributed by atoms with Crippen molar-refractivity contribution in [2.45, 2.75) is 19.4 Å². The molecular weight excluding hydrogens is 186 g/mol. The van der Waals surface area contributed by atoms with Gasteiger partial charge in [-0.2, -0.15) is 0 Å². The van der Waals surface area contributed by atoms with Crippen molar-refractivity contribution in [1.82, 2.24) is 0 Å². The first-order chi connectivity index (χ1) is 7.06. The molecule has 0 fully saturated rings. The van der Waals surface area contributed by atoms with Crippen LogP contribution in [0.15, 0.2) is 24.3 Å². The van der Waals surface area contributed by atoms with Crippen LogP contribution in [0.3, 0.4) is 0 Å². The third-order valence-corrected chi connectivity index (χ3v) is 2.54. The zero-order chi connectivity index (χ0) is 10.9. The van der Waals surface area contributed by atoms with Crippen molar-refractivity contribution < 1.29 is 0 Å². The predicted molar refractivity (Wildman–Crippen MR) is 65.4 cm³/mol. The molecule has 0 saturated heterocycles. The zero-order valence-corrected chi connectivity index (χ0v) is 9.46. The number of fused-ring (bicyclic) bond motifs is 1. The number of anilines is 2. The lowest BCUT2D eigenvalue weighted by Gasteiger charge is -2.36. The van der Waals surface area contributed by atoms with Gasteiger partial charge in [-0.1, -0.05) is 12.1 Å². The fraction of sp³-hybridized carbons (Fsp3) is 0.500. The minimum absolute atomic E-state index is 0.148. The number of nitrogens with two attached hydrogens (primary N) is 1. The molecule has 0 spiro atoms. The third kappa shape index (κ3) is 2.42. The SMILES string of the molecule is CC(C)(N)CN1CCNc2ccccc21. The Bertz CT molecular complexity index is 341.